The number of likely N-dealkylation sites (tertiary alicyclic amines) is 1. The molecular formula is C19H25N5O2. The predicted octanol–water partition coefficient (Wildman–Crippen LogP) is 2.29. The molecule has 1 aromatic carbocycles. The van der Waals surface area contributed by atoms with Gasteiger partial charge >= 0.3 is 0 Å². The number of carbonyl (C=O) groups excluding carboxylic acids is 1. The Balaban J connectivity index is 1.51. The van der Waals surface area contributed by atoms with Crippen LogP contribution in [0.5, 0.6) is 5.75 Å². The lowest BCUT2D eigenvalue weighted by Gasteiger charge is -2.30. The number of imidazole rings is 1. The Morgan fingerprint density at radius 1 is 1.35 bits per heavy atom. The molecule has 7 heteroatoms. The Bertz CT molecular complexity index is 774. The number of piperidine rings is 1. The highest BCUT2D eigenvalue weighted by Gasteiger charge is 2.20. The minimum atomic E-state index is 0.0495. The van der Waals surface area contributed by atoms with Gasteiger partial charge in [-0.05, 0) is 55.5 Å². The number of aromatic nitrogens is 2. The number of nitrogens with zero attached hydrogens (tertiary/aromatic N) is 4. The van der Waals surface area contributed by atoms with Gasteiger partial charge in [-0.15, -0.1) is 0 Å². The Hall–Kier alpha value is -2.83. The molecule has 26 heavy (non-hydrogen) atoms. The summed E-state index contributed by atoms with van der Waals surface area (Å²) >= 11 is 0. The van der Waals surface area contributed by atoms with Crippen molar-refractivity contribution in [1.82, 2.24) is 14.6 Å². The Morgan fingerprint density at radius 2 is 2.04 bits per heavy atom. The van der Waals surface area contributed by atoms with Crippen molar-refractivity contribution in [3.05, 3.63) is 41.7 Å². The summed E-state index contributed by atoms with van der Waals surface area (Å²) in [6.45, 7) is 5.82. The Morgan fingerprint density at radius 3 is 2.65 bits per heavy atom. The molecule has 3 rings (SSSR count). The summed E-state index contributed by atoms with van der Waals surface area (Å²) in [7, 11) is 0. The van der Waals surface area contributed by atoms with Gasteiger partial charge in [0.05, 0.1) is 18.1 Å². The summed E-state index contributed by atoms with van der Waals surface area (Å²) < 4.78 is 7.14. The maximum absolute atomic E-state index is 12.2. The number of benzene rings is 1. The van der Waals surface area contributed by atoms with Crippen molar-refractivity contribution in [1.29, 1.82) is 0 Å². The first kappa shape index (κ1) is 18.0. The molecule has 1 amide bonds. The van der Waals surface area contributed by atoms with Gasteiger partial charge in [0, 0.05) is 13.1 Å². The second-order valence-electron chi connectivity index (χ2n) is 6.75. The lowest BCUT2D eigenvalue weighted by Crippen LogP contribution is -2.40. The smallest absolute Gasteiger partial charge is 0.260 e. The van der Waals surface area contributed by atoms with E-state index in [2.05, 4.69) is 17.0 Å². The molecular weight excluding hydrogens is 330 g/mol. The van der Waals surface area contributed by atoms with Crippen molar-refractivity contribution in [3.63, 3.8) is 0 Å². The van der Waals surface area contributed by atoms with E-state index in [9.17, 15) is 4.79 Å². The highest BCUT2D eigenvalue weighted by molar-refractivity contribution is 5.80. The van der Waals surface area contributed by atoms with Gasteiger partial charge in [0.25, 0.3) is 5.91 Å². The van der Waals surface area contributed by atoms with E-state index in [-0.39, 0.29) is 12.5 Å². The predicted molar refractivity (Wildman–Crippen MR) is 101 cm³/mol. The van der Waals surface area contributed by atoms with Gasteiger partial charge in [-0.25, -0.2) is 9.66 Å². The third-order valence-corrected chi connectivity index (χ3v) is 4.54. The van der Waals surface area contributed by atoms with Crippen LogP contribution in [0, 0.1) is 12.8 Å². The summed E-state index contributed by atoms with van der Waals surface area (Å²) in [6.07, 6.45) is 5.60. The maximum Gasteiger partial charge on any atom is 0.260 e. The fraction of sp³-hybridized carbons (Fsp3) is 0.421. The van der Waals surface area contributed by atoms with Gasteiger partial charge in [0.1, 0.15) is 5.75 Å². The van der Waals surface area contributed by atoms with Crippen molar-refractivity contribution in [2.24, 2.45) is 11.0 Å². The summed E-state index contributed by atoms with van der Waals surface area (Å²) in [4.78, 5) is 18.2. The van der Waals surface area contributed by atoms with Crippen molar-refractivity contribution >= 4 is 18.1 Å². The van der Waals surface area contributed by atoms with Crippen molar-refractivity contribution < 1.29 is 9.53 Å². The number of hydrogen-bond donors (Lipinski definition) is 1. The van der Waals surface area contributed by atoms with Crippen LogP contribution in [0.4, 0.5) is 5.95 Å². The largest absolute Gasteiger partial charge is 0.484 e. The maximum atomic E-state index is 12.2. The van der Waals surface area contributed by atoms with Crippen LogP contribution in [0.1, 0.15) is 31.0 Å². The Labute approximate surface area is 153 Å². The topological polar surface area (TPSA) is 85.7 Å². The second-order valence-corrected chi connectivity index (χ2v) is 6.75. The molecule has 0 saturated carbocycles. The van der Waals surface area contributed by atoms with Crippen molar-refractivity contribution in [2.75, 3.05) is 25.4 Å². The highest BCUT2D eigenvalue weighted by atomic mass is 16.5. The molecule has 0 bridgehead atoms. The van der Waals surface area contributed by atoms with E-state index < -0.39 is 0 Å². The zero-order valence-corrected chi connectivity index (χ0v) is 15.3. The number of rotatable bonds is 5. The average molecular weight is 355 g/mol. The van der Waals surface area contributed by atoms with Gasteiger partial charge in [-0.3, -0.25) is 4.79 Å². The van der Waals surface area contributed by atoms with Gasteiger partial charge in [0.15, 0.2) is 6.61 Å². The van der Waals surface area contributed by atoms with Crippen LogP contribution in [-0.2, 0) is 4.79 Å². The standard InChI is InChI=1S/C19H25N5O2/c1-14-7-9-23(10-8-14)18(25)13-26-17-5-3-16(4-6-17)11-21-24-12-15(2)22-19(24)20/h3-6,11-12,14H,7-10,13H2,1-2H3,(H2,20,22). The van der Waals surface area contributed by atoms with E-state index in [0.29, 0.717) is 17.6 Å². The fourth-order valence-electron chi connectivity index (χ4n) is 2.87. The van der Waals surface area contributed by atoms with E-state index in [4.69, 9.17) is 10.5 Å². The molecule has 0 radical (unpaired) electrons. The first-order chi connectivity index (χ1) is 12.5. The third-order valence-electron chi connectivity index (χ3n) is 4.54. The lowest BCUT2D eigenvalue weighted by molar-refractivity contribution is -0.134. The minimum Gasteiger partial charge on any atom is -0.484 e. The molecule has 2 N–H and O–H groups in total. The molecule has 0 aliphatic carbocycles. The normalized spacial score (nSPS) is 15.5. The summed E-state index contributed by atoms with van der Waals surface area (Å²) in [5.74, 6) is 1.77. The molecule has 0 atom stereocenters. The first-order valence-electron chi connectivity index (χ1n) is 8.87. The zero-order chi connectivity index (χ0) is 18.5. The molecule has 0 unspecified atom stereocenters. The molecule has 0 spiro atoms. The van der Waals surface area contributed by atoms with Crippen molar-refractivity contribution in [2.45, 2.75) is 26.7 Å². The van der Waals surface area contributed by atoms with Gasteiger partial charge in [0.2, 0.25) is 5.95 Å². The molecule has 1 aliphatic rings. The molecule has 1 aromatic heterocycles. The second kappa shape index (κ2) is 8.03. The third kappa shape index (κ3) is 4.62. The summed E-state index contributed by atoms with van der Waals surface area (Å²) in [5.41, 5.74) is 7.47. The van der Waals surface area contributed by atoms with Crippen LogP contribution in [0.3, 0.4) is 0 Å². The molecule has 2 aromatic rings. The van der Waals surface area contributed by atoms with E-state index in [1.54, 1.807) is 12.4 Å². The van der Waals surface area contributed by atoms with E-state index >= 15 is 0 Å². The molecule has 2 heterocycles. The lowest BCUT2D eigenvalue weighted by atomic mass is 9.99. The number of anilines is 1. The van der Waals surface area contributed by atoms with Crippen LogP contribution in [0.25, 0.3) is 0 Å². The number of aryl methyl sites for hydroxylation is 1. The van der Waals surface area contributed by atoms with Gasteiger partial charge in [-0.1, -0.05) is 6.92 Å². The van der Waals surface area contributed by atoms with E-state index in [0.717, 1.165) is 37.2 Å². The van der Waals surface area contributed by atoms with Crippen LogP contribution in [-0.4, -0.2) is 46.4 Å². The minimum absolute atomic E-state index is 0.0495. The number of ether oxygens (including phenoxy) is 1. The monoisotopic (exact) mass is 355 g/mol. The summed E-state index contributed by atoms with van der Waals surface area (Å²) in [5, 5.41) is 4.27. The number of nitrogens with two attached hydrogens (primary N) is 1. The zero-order valence-electron chi connectivity index (χ0n) is 15.3. The van der Waals surface area contributed by atoms with E-state index in [1.807, 2.05) is 36.1 Å². The Kier molecular flexibility index (Phi) is 5.55. The highest BCUT2D eigenvalue weighted by Crippen LogP contribution is 2.17. The van der Waals surface area contributed by atoms with E-state index in [1.165, 1.54) is 4.68 Å². The van der Waals surface area contributed by atoms with Gasteiger partial charge in [-0.2, -0.15) is 5.10 Å². The number of nitrogen functional groups attached to an aromatic ring is 1. The number of carbonyl (C=O) groups is 1. The first-order valence-corrected chi connectivity index (χ1v) is 8.87. The molecule has 7 nitrogen and oxygen atoms in total. The molecule has 1 aliphatic heterocycles. The van der Waals surface area contributed by atoms with Crippen LogP contribution in [0.15, 0.2) is 35.6 Å². The van der Waals surface area contributed by atoms with Crippen LogP contribution < -0.4 is 10.5 Å². The molecule has 138 valence electrons. The summed E-state index contributed by atoms with van der Waals surface area (Å²) in [6, 6.07) is 7.42. The molecule has 1 saturated heterocycles. The van der Waals surface area contributed by atoms with Crippen LogP contribution in [0.2, 0.25) is 0 Å². The van der Waals surface area contributed by atoms with Crippen molar-refractivity contribution in [3.8, 4) is 5.75 Å². The van der Waals surface area contributed by atoms with Gasteiger partial charge < -0.3 is 15.4 Å². The number of amides is 1. The molecule has 1 fully saturated rings. The average Bonchev–Trinajstić information content (AvgIpc) is 2.96. The SMILES string of the molecule is Cc1cn(N=Cc2ccc(OCC(=O)N3CCC(C)CC3)cc2)c(N)n1. The quantitative estimate of drug-likeness (QED) is 0.834. The number of hydrogen-bond acceptors (Lipinski definition) is 5. The fourth-order valence-corrected chi connectivity index (χ4v) is 2.87. The van der Waals surface area contributed by atoms with Crippen LogP contribution >= 0.6 is 0 Å².